The molecule has 0 bridgehead atoms. The van der Waals surface area contributed by atoms with Gasteiger partial charge in [0.25, 0.3) is 5.91 Å². The topological polar surface area (TPSA) is 87.7 Å². The quantitative estimate of drug-likeness (QED) is 0.356. The summed E-state index contributed by atoms with van der Waals surface area (Å²) < 4.78 is 5.45. The van der Waals surface area contributed by atoms with Crippen molar-refractivity contribution in [3.63, 3.8) is 0 Å². The number of nitrogens with zero attached hydrogens (tertiary/aromatic N) is 1. The third kappa shape index (κ3) is 5.84. The molecule has 1 unspecified atom stereocenters. The number of anilines is 1. The standard InChI is InChI=1S/C29H28ClN3O4/c1-3-16-33-26(19-10-6-5-7-11-19)24(28(35)37-4-2)25(32-29(33)36)20-12-9-15-23(18-20)31-27(34)21-13-8-14-22(30)17-21/h5-15,17-18,25H,3-4,16H2,1-2H3,(H,31,34)(H,32,36). The van der Waals surface area contributed by atoms with E-state index in [4.69, 9.17) is 16.3 Å². The SMILES string of the molecule is CCCN1C(=O)NC(c2cccc(NC(=O)c3cccc(Cl)c3)c2)C(C(=O)OCC)=C1c1ccccc1. The van der Waals surface area contributed by atoms with Gasteiger partial charge in [-0.1, -0.05) is 67.1 Å². The monoisotopic (exact) mass is 517 g/mol. The van der Waals surface area contributed by atoms with Crippen LogP contribution in [0.25, 0.3) is 5.70 Å². The van der Waals surface area contributed by atoms with Crippen molar-refractivity contribution in [2.24, 2.45) is 0 Å². The third-order valence-corrected chi connectivity index (χ3v) is 6.12. The zero-order valence-electron chi connectivity index (χ0n) is 20.7. The highest BCUT2D eigenvalue weighted by Crippen LogP contribution is 2.37. The van der Waals surface area contributed by atoms with Crippen LogP contribution in [0, 0.1) is 0 Å². The van der Waals surface area contributed by atoms with E-state index < -0.39 is 12.0 Å². The molecular formula is C29H28ClN3O4. The molecule has 0 aromatic heterocycles. The second kappa shape index (κ2) is 11.8. The fraction of sp³-hybridized carbons (Fsp3) is 0.207. The van der Waals surface area contributed by atoms with Crippen LogP contribution in [0.1, 0.15) is 47.8 Å². The zero-order chi connectivity index (χ0) is 26.4. The fourth-order valence-corrected chi connectivity index (χ4v) is 4.49. The van der Waals surface area contributed by atoms with E-state index in [-0.39, 0.29) is 18.5 Å². The molecule has 7 nitrogen and oxygen atoms in total. The maximum absolute atomic E-state index is 13.4. The molecule has 3 aromatic carbocycles. The normalized spacial score (nSPS) is 15.3. The Labute approximate surface area is 221 Å². The Bertz CT molecular complexity index is 1340. The summed E-state index contributed by atoms with van der Waals surface area (Å²) in [6, 6.07) is 22.0. The summed E-state index contributed by atoms with van der Waals surface area (Å²) >= 11 is 6.03. The van der Waals surface area contributed by atoms with Crippen LogP contribution in [0.2, 0.25) is 5.02 Å². The van der Waals surface area contributed by atoms with E-state index in [9.17, 15) is 14.4 Å². The van der Waals surface area contributed by atoms with E-state index in [1.807, 2.05) is 37.3 Å². The maximum Gasteiger partial charge on any atom is 0.338 e. The van der Waals surface area contributed by atoms with E-state index in [0.717, 1.165) is 5.56 Å². The Morgan fingerprint density at radius 2 is 1.76 bits per heavy atom. The summed E-state index contributed by atoms with van der Waals surface area (Å²) in [7, 11) is 0. The third-order valence-electron chi connectivity index (χ3n) is 5.88. The fourth-order valence-electron chi connectivity index (χ4n) is 4.30. The van der Waals surface area contributed by atoms with Crippen molar-refractivity contribution in [2.45, 2.75) is 26.3 Å². The molecule has 0 aliphatic carbocycles. The maximum atomic E-state index is 13.4. The van der Waals surface area contributed by atoms with E-state index in [0.29, 0.717) is 46.1 Å². The van der Waals surface area contributed by atoms with Gasteiger partial charge in [-0.25, -0.2) is 9.59 Å². The minimum atomic E-state index is -0.780. The molecule has 0 saturated carbocycles. The first-order chi connectivity index (χ1) is 17.9. The Hall–Kier alpha value is -4.10. The van der Waals surface area contributed by atoms with E-state index >= 15 is 0 Å². The molecule has 0 fully saturated rings. The van der Waals surface area contributed by atoms with Gasteiger partial charge in [-0.2, -0.15) is 0 Å². The van der Waals surface area contributed by atoms with Crippen molar-refractivity contribution in [3.05, 3.63) is 106 Å². The molecule has 0 saturated heterocycles. The first-order valence-corrected chi connectivity index (χ1v) is 12.5. The summed E-state index contributed by atoms with van der Waals surface area (Å²) in [5.74, 6) is -0.839. The molecule has 1 aliphatic rings. The van der Waals surface area contributed by atoms with Crippen LogP contribution in [0.4, 0.5) is 10.5 Å². The highest BCUT2D eigenvalue weighted by Gasteiger charge is 2.38. The number of benzene rings is 3. The van der Waals surface area contributed by atoms with Crippen molar-refractivity contribution >= 4 is 40.9 Å². The molecule has 1 atom stereocenters. The van der Waals surface area contributed by atoms with Crippen LogP contribution in [0.5, 0.6) is 0 Å². The van der Waals surface area contributed by atoms with E-state index in [1.54, 1.807) is 60.4 Å². The van der Waals surface area contributed by atoms with Crippen LogP contribution in [-0.4, -0.2) is 36.0 Å². The van der Waals surface area contributed by atoms with Gasteiger partial charge in [-0.15, -0.1) is 0 Å². The molecule has 4 rings (SSSR count). The van der Waals surface area contributed by atoms with Crippen molar-refractivity contribution in [3.8, 4) is 0 Å². The van der Waals surface area contributed by atoms with Gasteiger partial charge in [0.1, 0.15) is 0 Å². The van der Waals surface area contributed by atoms with Gasteiger partial charge >= 0.3 is 12.0 Å². The first-order valence-electron chi connectivity index (χ1n) is 12.1. The van der Waals surface area contributed by atoms with Crippen LogP contribution >= 0.6 is 11.6 Å². The van der Waals surface area contributed by atoms with Gasteiger partial charge in [0.2, 0.25) is 0 Å². The Balaban J connectivity index is 1.79. The lowest BCUT2D eigenvalue weighted by Crippen LogP contribution is -2.48. The van der Waals surface area contributed by atoms with Crippen molar-refractivity contribution in [1.29, 1.82) is 0 Å². The number of hydrogen-bond acceptors (Lipinski definition) is 4. The number of nitrogens with one attached hydrogen (secondary N) is 2. The number of halogens is 1. The van der Waals surface area contributed by atoms with Crippen molar-refractivity contribution in [1.82, 2.24) is 10.2 Å². The highest BCUT2D eigenvalue weighted by molar-refractivity contribution is 6.31. The van der Waals surface area contributed by atoms with E-state index in [1.165, 1.54) is 0 Å². The number of carbonyl (C=O) groups excluding carboxylic acids is 3. The number of urea groups is 1. The van der Waals surface area contributed by atoms with Crippen LogP contribution in [0.3, 0.4) is 0 Å². The largest absolute Gasteiger partial charge is 0.463 e. The summed E-state index contributed by atoms with van der Waals surface area (Å²) in [5.41, 5.74) is 3.14. The molecule has 37 heavy (non-hydrogen) atoms. The molecule has 8 heteroatoms. The molecule has 0 spiro atoms. The lowest BCUT2D eigenvalue weighted by molar-refractivity contribution is -0.138. The first kappa shape index (κ1) is 26.0. The van der Waals surface area contributed by atoms with Gasteiger partial charge in [0.05, 0.1) is 23.9 Å². The van der Waals surface area contributed by atoms with Crippen molar-refractivity contribution in [2.75, 3.05) is 18.5 Å². The second-order valence-electron chi connectivity index (χ2n) is 8.47. The Morgan fingerprint density at radius 3 is 2.46 bits per heavy atom. The lowest BCUT2D eigenvalue weighted by Gasteiger charge is -2.37. The number of ether oxygens (including phenoxy) is 1. The smallest absolute Gasteiger partial charge is 0.338 e. The van der Waals surface area contributed by atoms with Gasteiger partial charge in [0.15, 0.2) is 0 Å². The zero-order valence-corrected chi connectivity index (χ0v) is 21.4. The van der Waals surface area contributed by atoms with Crippen LogP contribution in [-0.2, 0) is 9.53 Å². The van der Waals surface area contributed by atoms with Crippen LogP contribution < -0.4 is 10.6 Å². The van der Waals surface area contributed by atoms with Crippen LogP contribution in [0.15, 0.2) is 84.4 Å². The summed E-state index contributed by atoms with van der Waals surface area (Å²) in [4.78, 5) is 41.0. The molecule has 1 heterocycles. The van der Waals surface area contributed by atoms with Crippen molar-refractivity contribution < 1.29 is 19.1 Å². The van der Waals surface area contributed by atoms with E-state index in [2.05, 4.69) is 10.6 Å². The second-order valence-corrected chi connectivity index (χ2v) is 8.91. The summed E-state index contributed by atoms with van der Waals surface area (Å²) in [6.07, 6.45) is 0.704. The minimum absolute atomic E-state index is 0.189. The Kier molecular flexibility index (Phi) is 8.25. The van der Waals surface area contributed by atoms with Gasteiger partial charge in [0, 0.05) is 22.8 Å². The number of esters is 1. The summed E-state index contributed by atoms with van der Waals surface area (Å²) in [5, 5.41) is 6.30. The number of rotatable bonds is 8. The minimum Gasteiger partial charge on any atom is -0.463 e. The van der Waals surface area contributed by atoms with Gasteiger partial charge < -0.3 is 15.4 Å². The Morgan fingerprint density at radius 1 is 1.00 bits per heavy atom. The highest BCUT2D eigenvalue weighted by atomic mass is 35.5. The molecule has 190 valence electrons. The molecule has 3 aromatic rings. The number of hydrogen-bond donors (Lipinski definition) is 2. The van der Waals surface area contributed by atoms with Gasteiger partial charge in [-0.3, -0.25) is 9.69 Å². The average Bonchev–Trinajstić information content (AvgIpc) is 2.90. The predicted molar refractivity (Wildman–Crippen MR) is 144 cm³/mol. The molecule has 2 N–H and O–H groups in total. The molecule has 3 amide bonds. The average molecular weight is 518 g/mol. The summed E-state index contributed by atoms with van der Waals surface area (Å²) in [6.45, 7) is 4.33. The lowest BCUT2D eigenvalue weighted by atomic mass is 9.91. The molecule has 1 aliphatic heterocycles. The van der Waals surface area contributed by atoms with Gasteiger partial charge in [-0.05, 0) is 54.8 Å². The number of amides is 3. The molecule has 0 radical (unpaired) electrons. The number of carbonyl (C=O) groups is 3. The molecular weight excluding hydrogens is 490 g/mol. The predicted octanol–water partition coefficient (Wildman–Crippen LogP) is 6.04.